The zero-order chi connectivity index (χ0) is 6.41. The van der Waals surface area contributed by atoms with Crippen molar-refractivity contribution in [1.29, 1.82) is 0 Å². The Morgan fingerprint density at radius 2 is 2.25 bits per heavy atom. The van der Waals surface area contributed by atoms with Crippen molar-refractivity contribution in [3.05, 3.63) is 6.42 Å². The quantitative estimate of drug-likeness (QED) is 0.517. The van der Waals surface area contributed by atoms with E-state index in [-0.39, 0.29) is 0 Å². The van der Waals surface area contributed by atoms with Gasteiger partial charge in [-0.2, -0.15) is 0 Å². The molecule has 1 atom stereocenters. The molecule has 0 unspecified atom stereocenters. The van der Waals surface area contributed by atoms with Crippen LogP contribution in [-0.2, 0) is 0 Å². The predicted molar refractivity (Wildman–Crippen MR) is 36.2 cm³/mol. The minimum absolute atomic E-state index is 0.317. The van der Waals surface area contributed by atoms with Crippen molar-refractivity contribution in [3.63, 3.8) is 0 Å². The van der Waals surface area contributed by atoms with Crippen LogP contribution in [0.25, 0.3) is 0 Å². The number of hydrogen-bond acceptors (Lipinski definition) is 2. The van der Waals surface area contributed by atoms with E-state index < -0.39 is 0 Å². The van der Waals surface area contributed by atoms with Gasteiger partial charge >= 0.3 is 0 Å². The summed E-state index contributed by atoms with van der Waals surface area (Å²) in [7, 11) is 0. The first-order chi connectivity index (χ1) is 3.77. The van der Waals surface area contributed by atoms with Crippen molar-refractivity contribution in [2.24, 2.45) is 11.5 Å². The molecule has 0 aliphatic rings. The Hall–Kier alpha value is -0.0800. The van der Waals surface area contributed by atoms with E-state index in [1.54, 1.807) is 0 Å². The van der Waals surface area contributed by atoms with Crippen LogP contribution in [0.1, 0.15) is 19.8 Å². The van der Waals surface area contributed by atoms with Crippen LogP contribution < -0.4 is 11.5 Å². The van der Waals surface area contributed by atoms with Gasteiger partial charge in [0.1, 0.15) is 0 Å². The predicted octanol–water partition coefficient (Wildman–Crippen LogP) is 0.277. The van der Waals surface area contributed by atoms with E-state index >= 15 is 0 Å². The molecule has 0 amide bonds. The molecule has 2 heteroatoms. The standard InChI is InChI=1S/C6H15N2/c1-6(8)4-2-3-5-7/h3,6H,2,4-5,7-8H2,1H3/t6-/m0/s1. The molecule has 2 nitrogen and oxygen atoms in total. The van der Waals surface area contributed by atoms with E-state index in [1.807, 2.05) is 13.3 Å². The lowest BCUT2D eigenvalue weighted by atomic mass is 10.1. The number of nitrogens with two attached hydrogens (primary N) is 2. The third kappa shape index (κ3) is 5.92. The van der Waals surface area contributed by atoms with Crippen molar-refractivity contribution in [2.45, 2.75) is 25.8 Å². The van der Waals surface area contributed by atoms with Crippen LogP contribution in [0.3, 0.4) is 0 Å². The first kappa shape index (κ1) is 7.92. The molecule has 0 fully saturated rings. The highest BCUT2D eigenvalue weighted by atomic mass is 14.6. The summed E-state index contributed by atoms with van der Waals surface area (Å²) in [6, 6.07) is 0.317. The van der Waals surface area contributed by atoms with Gasteiger partial charge in [0.25, 0.3) is 0 Å². The second-order valence-electron chi connectivity index (χ2n) is 2.08. The lowest BCUT2D eigenvalue weighted by Gasteiger charge is -2.00. The number of hydrogen-bond donors (Lipinski definition) is 2. The maximum Gasteiger partial charge on any atom is 0.00105 e. The van der Waals surface area contributed by atoms with Gasteiger partial charge in [-0.3, -0.25) is 0 Å². The summed E-state index contributed by atoms with van der Waals surface area (Å²) >= 11 is 0. The van der Waals surface area contributed by atoms with Crippen LogP contribution >= 0.6 is 0 Å². The van der Waals surface area contributed by atoms with Gasteiger partial charge in [-0.1, -0.05) is 0 Å². The molecular weight excluding hydrogens is 100 g/mol. The highest BCUT2D eigenvalue weighted by Crippen LogP contribution is 1.94. The average molecular weight is 115 g/mol. The Morgan fingerprint density at radius 1 is 1.62 bits per heavy atom. The van der Waals surface area contributed by atoms with Crippen molar-refractivity contribution in [3.8, 4) is 0 Å². The highest BCUT2D eigenvalue weighted by Gasteiger charge is 1.91. The molecule has 0 rings (SSSR count). The van der Waals surface area contributed by atoms with Gasteiger partial charge in [-0.15, -0.1) is 0 Å². The van der Waals surface area contributed by atoms with Gasteiger partial charge in [0, 0.05) is 6.04 Å². The topological polar surface area (TPSA) is 52.0 Å². The van der Waals surface area contributed by atoms with Gasteiger partial charge in [-0.25, -0.2) is 0 Å². The monoisotopic (exact) mass is 115 g/mol. The molecule has 49 valence electrons. The van der Waals surface area contributed by atoms with E-state index in [1.165, 1.54) is 0 Å². The molecule has 4 N–H and O–H groups in total. The fourth-order valence-electron chi connectivity index (χ4n) is 0.499. The summed E-state index contributed by atoms with van der Waals surface area (Å²) < 4.78 is 0. The Balaban J connectivity index is 2.72. The van der Waals surface area contributed by atoms with Crippen molar-refractivity contribution in [2.75, 3.05) is 6.54 Å². The van der Waals surface area contributed by atoms with E-state index in [9.17, 15) is 0 Å². The molecule has 0 saturated heterocycles. The van der Waals surface area contributed by atoms with E-state index in [2.05, 4.69) is 0 Å². The number of unbranched alkanes of at least 4 members (excludes halogenated alkanes) is 1. The fourth-order valence-corrected chi connectivity index (χ4v) is 0.499. The smallest absolute Gasteiger partial charge is 0.00105 e. The van der Waals surface area contributed by atoms with E-state index in [4.69, 9.17) is 11.5 Å². The van der Waals surface area contributed by atoms with Crippen LogP contribution in [0.4, 0.5) is 0 Å². The molecule has 0 saturated carbocycles. The molecule has 0 aliphatic carbocycles. The summed E-state index contributed by atoms with van der Waals surface area (Å²) in [6.07, 6.45) is 4.15. The van der Waals surface area contributed by atoms with Crippen LogP contribution in [0.5, 0.6) is 0 Å². The first-order valence-corrected chi connectivity index (χ1v) is 3.04. The summed E-state index contributed by atoms with van der Waals surface area (Å²) in [6.45, 7) is 2.68. The zero-order valence-electron chi connectivity index (χ0n) is 5.43. The Kier molecular flexibility index (Phi) is 5.01. The lowest BCUT2D eigenvalue weighted by Crippen LogP contribution is -2.14. The maximum atomic E-state index is 5.47. The summed E-state index contributed by atoms with van der Waals surface area (Å²) in [5, 5.41) is 0. The minimum Gasteiger partial charge on any atom is -0.330 e. The molecule has 0 bridgehead atoms. The van der Waals surface area contributed by atoms with Gasteiger partial charge in [0.2, 0.25) is 0 Å². The molecule has 0 aromatic carbocycles. The van der Waals surface area contributed by atoms with Crippen LogP contribution in [0, 0.1) is 6.42 Å². The van der Waals surface area contributed by atoms with Gasteiger partial charge < -0.3 is 11.5 Å². The SMILES string of the molecule is C[C@H](N)CC[CH]CN. The van der Waals surface area contributed by atoms with E-state index in [0.717, 1.165) is 12.8 Å². The Labute approximate surface area is 51.2 Å². The Bertz CT molecular complexity index is 43.8. The Morgan fingerprint density at radius 3 is 2.62 bits per heavy atom. The second kappa shape index (κ2) is 5.06. The average Bonchev–Trinajstić information content (AvgIpc) is 1.66. The molecule has 0 spiro atoms. The first-order valence-electron chi connectivity index (χ1n) is 3.04. The largest absolute Gasteiger partial charge is 0.330 e. The van der Waals surface area contributed by atoms with Crippen molar-refractivity contribution < 1.29 is 0 Å². The van der Waals surface area contributed by atoms with Gasteiger partial charge in [0.15, 0.2) is 0 Å². The summed E-state index contributed by atoms with van der Waals surface area (Å²) in [5.74, 6) is 0. The minimum atomic E-state index is 0.317. The second-order valence-corrected chi connectivity index (χ2v) is 2.08. The van der Waals surface area contributed by atoms with Gasteiger partial charge in [0.05, 0.1) is 0 Å². The van der Waals surface area contributed by atoms with Gasteiger partial charge in [-0.05, 0) is 32.7 Å². The molecule has 0 heterocycles. The fraction of sp³-hybridized carbons (Fsp3) is 0.833. The molecule has 1 radical (unpaired) electrons. The van der Waals surface area contributed by atoms with E-state index in [0.29, 0.717) is 12.6 Å². The maximum absolute atomic E-state index is 5.47. The molecule has 8 heavy (non-hydrogen) atoms. The molecule has 0 aromatic rings. The summed E-state index contributed by atoms with van der Waals surface area (Å²) in [4.78, 5) is 0. The van der Waals surface area contributed by atoms with Crippen LogP contribution in [-0.4, -0.2) is 12.6 Å². The van der Waals surface area contributed by atoms with Crippen LogP contribution in [0.15, 0.2) is 0 Å². The van der Waals surface area contributed by atoms with Crippen molar-refractivity contribution >= 4 is 0 Å². The van der Waals surface area contributed by atoms with Crippen molar-refractivity contribution in [1.82, 2.24) is 0 Å². The molecule has 0 aromatic heterocycles. The van der Waals surface area contributed by atoms with Crippen LogP contribution in [0.2, 0.25) is 0 Å². The molecular formula is C6H15N2. The third-order valence-corrected chi connectivity index (χ3v) is 0.993. The number of rotatable bonds is 4. The lowest BCUT2D eigenvalue weighted by molar-refractivity contribution is 0.655. The molecule has 0 aliphatic heterocycles. The zero-order valence-corrected chi connectivity index (χ0v) is 5.43. The third-order valence-electron chi connectivity index (χ3n) is 0.993. The highest BCUT2D eigenvalue weighted by molar-refractivity contribution is 4.67. The summed E-state index contributed by atoms with van der Waals surface area (Å²) in [5.41, 5.74) is 10.7. The normalized spacial score (nSPS) is 13.9.